The Morgan fingerprint density at radius 1 is 1.04 bits per heavy atom. The standard InChI is InChI=1S/C17H11F3N6/c18-11-6-13(20)12(19)5-10(11)15-16(25-4-3-21-17(25)24-15)9-1-2-14-22-8-23-26(14)7-9/h1-2,5-8H,3-4H2,(H,21,24). The molecule has 4 aromatic rings. The van der Waals surface area contributed by atoms with Crippen LogP contribution in [0.3, 0.4) is 0 Å². The molecule has 9 heteroatoms. The predicted octanol–water partition coefficient (Wildman–Crippen LogP) is 3.10. The first-order valence-corrected chi connectivity index (χ1v) is 7.91. The predicted molar refractivity (Wildman–Crippen MR) is 88.0 cm³/mol. The van der Waals surface area contributed by atoms with Gasteiger partial charge in [0.05, 0.1) is 5.69 Å². The van der Waals surface area contributed by atoms with Gasteiger partial charge in [0, 0.05) is 36.5 Å². The van der Waals surface area contributed by atoms with Crippen LogP contribution in [0, 0.1) is 17.5 Å². The van der Waals surface area contributed by atoms with Gasteiger partial charge in [-0.2, -0.15) is 5.10 Å². The molecule has 1 N–H and O–H groups in total. The number of rotatable bonds is 2. The van der Waals surface area contributed by atoms with Crippen LogP contribution in [0.2, 0.25) is 0 Å². The lowest BCUT2D eigenvalue weighted by Gasteiger charge is -2.09. The first-order valence-electron chi connectivity index (χ1n) is 7.91. The van der Waals surface area contributed by atoms with E-state index >= 15 is 0 Å². The van der Waals surface area contributed by atoms with Crippen molar-refractivity contribution in [3.8, 4) is 22.5 Å². The average molecular weight is 356 g/mol. The van der Waals surface area contributed by atoms with E-state index in [-0.39, 0.29) is 11.3 Å². The van der Waals surface area contributed by atoms with Gasteiger partial charge in [0.2, 0.25) is 5.95 Å². The molecule has 0 radical (unpaired) electrons. The van der Waals surface area contributed by atoms with Crippen molar-refractivity contribution in [2.24, 2.45) is 0 Å². The molecule has 4 heterocycles. The van der Waals surface area contributed by atoms with Crippen LogP contribution in [0.25, 0.3) is 28.2 Å². The van der Waals surface area contributed by atoms with Crippen molar-refractivity contribution in [1.82, 2.24) is 24.1 Å². The summed E-state index contributed by atoms with van der Waals surface area (Å²) in [5.41, 5.74) is 2.12. The summed E-state index contributed by atoms with van der Waals surface area (Å²) in [5.74, 6) is -2.68. The second-order valence-corrected chi connectivity index (χ2v) is 5.94. The van der Waals surface area contributed by atoms with Gasteiger partial charge in [-0.1, -0.05) is 0 Å². The summed E-state index contributed by atoms with van der Waals surface area (Å²) < 4.78 is 44.9. The quantitative estimate of drug-likeness (QED) is 0.561. The highest BCUT2D eigenvalue weighted by Crippen LogP contribution is 2.37. The van der Waals surface area contributed by atoms with Gasteiger partial charge in [-0.05, 0) is 18.2 Å². The summed E-state index contributed by atoms with van der Waals surface area (Å²) in [6.07, 6.45) is 3.17. The lowest BCUT2D eigenvalue weighted by atomic mass is 10.0. The zero-order valence-electron chi connectivity index (χ0n) is 13.2. The van der Waals surface area contributed by atoms with Crippen molar-refractivity contribution in [1.29, 1.82) is 0 Å². The monoisotopic (exact) mass is 356 g/mol. The molecule has 5 rings (SSSR count). The van der Waals surface area contributed by atoms with Crippen molar-refractivity contribution in [3.05, 3.63) is 54.2 Å². The zero-order valence-corrected chi connectivity index (χ0v) is 13.2. The van der Waals surface area contributed by atoms with E-state index in [9.17, 15) is 13.2 Å². The highest BCUT2D eigenvalue weighted by atomic mass is 19.2. The van der Waals surface area contributed by atoms with Crippen molar-refractivity contribution in [2.45, 2.75) is 6.54 Å². The fourth-order valence-electron chi connectivity index (χ4n) is 3.23. The molecular formula is C17H11F3N6. The van der Waals surface area contributed by atoms with Gasteiger partial charge in [0.25, 0.3) is 0 Å². The molecule has 0 saturated heterocycles. The second-order valence-electron chi connectivity index (χ2n) is 5.94. The second kappa shape index (κ2) is 5.32. The largest absolute Gasteiger partial charge is 0.354 e. The first kappa shape index (κ1) is 14.9. The van der Waals surface area contributed by atoms with E-state index in [0.717, 1.165) is 6.07 Å². The first-order chi connectivity index (χ1) is 12.6. The normalized spacial score (nSPS) is 13.2. The number of aromatic nitrogens is 5. The van der Waals surface area contributed by atoms with E-state index in [2.05, 4.69) is 20.4 Å². The molecule has 0 unspecified atom stereocenters. The number of hydrogen-bond acceptors (Lipinski definition) is 4. The van der Waals surface area contributed by atoms with Crippen LogP contribution in [0.4, 0.5) is 19.1 Å². The number of fused-ring (bicyclic) bond motifs is 2. The molecule has 26 heavy (non-hydrogen) atoms. The van der Waals surface area contributed by atoms with Gasteiger partial charge in [-0.3, -0.25) is 0 Å². The van der Waals surface area contributed by atoms with E-state index < -0.39 is 17.5 Å². The van der Waals surface area contributed by atoms with Gasteiger partial charge < -0.3 is 9.88 Å². The third-order valence-electron chi connectivity index (χ3n) is 4.40. The maximum atomic E-state index is 14.4. The Morgan fingerprint density at radius 3 is 2.77 bits per heavy atom. The van der Waals surface area contributed by atoms with E-state index in [1.165, 1.54) is 6.33 Å². The Hall–Kier alpha value is -3.36. The molecule has 130 valence electrons. The van der Waals surface area contributed by atoms with Gasteiger partial charge in [0.1, 0.15) is 17.8 Å². The Morgan fingerprint density at radius 2 is 1.88 bits per heavy atom. The minimum atomic E-state index is -1.23. The molecule has 1 aliphatic heterocycles. The van der Waals surface area contributed by atoms with Crippen LogP contribution in [-0.4, -0.2) is 30.7 Å². The lowest BCUT2D eigenvalue weighted by molar-refractivity contribution is 0.496. The smallest absolute Gasteiger partial charge is 0.204 e. The van der Waals surface area contributed by atoms with E-state index in [1.54, 1.807) is 16.8 Å². The Kier molecular flexibility index (Phi) is 3.05. The van der Waals surface area contributed by atoms with Crippen LogP contribution < -0.4 is 5.32 Å². The lowest BCUT2D eigenvalue weighted by Crippen LogP contribution is -2.01. The van der Waals surface area contributed by atoms with E-state index in [1.807, 2.05) is 10.6 Å². The van der Waals surface area contributed by atoms with E-state index in [0.29, 0.717) is 42.0 Å². The molecular weight excluding hydrogens is 345 g/mol. The van der Waals surface area contributed by atoms with Crippen molar-refractivity contribution in [2.75, 3.05) is 11.9 Å². The van der Waals surface area contributed by atoms with Gasteiger partial charge in [-0.25, -0.2) is 27.7 Å². The molecule has 3 aromatic heterocycles. The molecule has 0 bridgehead atoms. The number of anilines is 1. The molecule has 0 saturated carbocycles. The summed E-state index contributed by atoms with van der Waals surface area (Å²) in [6.45, 7) is 1.31. The number of imidazole rings is 1. The van der Waals surface area contributed by atoms with Gasteiger partial charge >= 0.3 is 0 Å². The van der Waals surface area contributed by atoms with Gasteiger partial charge in [0.15, 0.2) is 17.3 Å². The fraction of sp³-hybridized carbons (Fsp3) is 0.118. The Labute approximate surface area is 144 Å². The van der Waals surface area contributed by atoms with Crippen LogP contribution in [0.15, 0.2) is 36.8 Å². The Bertz CT molecular complexity index is 1160. The number of hydrogen-bond donors (Lipinski definition) is 1. The highest BCUT2D eigenvalue weighted by molar-refractivity contribution is 5.81. The minimum Gasteiger partial charge on any atom is -0.354 e. The molecule has 1 aliphatic rings. The van der Waals surface area contributed by atoms with Crippen molar-refractivity contribution >= 4 is 11.6 Å². The van der Waals surface area contributed by atoms with E-state index in [4.69, 9.17) is 0 Å². The molecule has 0 aliphatic carbocycles. The molecule has 1 aromatic carbocycles. The van der Waals surface area contributed by atoms with Crippen molar-refractivity contribution in [3.63, 3.8) is 0 Å². The summed E-state index contributed by atoms with van der Waals surface area (Å²) in [4.78, 5) is 8.51. The highest BCUT2D eigenvalue weighted by Gasteiger charge is 2.26. The number of nitrogens with zero attached hydrogens (tertiary/aromatic N) is 5. The molecule has 0 spiro atoms. The van der Waals surface area contributed by atoms with Crippen molar-refractivity contribution < 1.29 is 13.2 Å². The Balaban J connectivity index is 1.78. The third kappa shape index (κ3) is 2.10. The van der Waals surface area contributed by atoms with Crippen LogP contribution in [0.5, 0.6) is 0 Å². The fourth-order valence-corrected chi connectivity index (χ4v) is 3.23. The number of nitrogens with one attached hydrogen (secondary N) is 1. The maximum Gasteiger partial charge on any atom is 0.204 e. The average Bonchev–Trinajstić information content (AvgIpc) is 3.32. The number of benzene rings is 1. The zero-order chi connectivity index (χ0) is 17.8. The molecule has 6 nitrogen and oxygen atoms in total. The SMILES string of the molecule is Fc1cc(F)c(-c2nc3n(c2-c2ccc4ncnn4c2)CCN3)cc1F. The minimum absolute atomic E-state index is 0.0960. The summed E-state index contributed by atoms with van der Waals surface area (Å²) in [7, 11) is 0. The number of pyridine rings is 1. The van der Waals surface area contributed by atoms with Gasteiger partial charge in [-0.15, -0.1) is 0 Å². The summed E-state index contributed by atoms with van der Waals surface area (Å²) >= 11 is 0. The molecule has 0 atom stereocenters. The molecule has 0 amide bonds. The van der Waals surface area contributed by atoms with Crippen LogP contribution in [0.1, 0.15) is 0 Å². The number of halogens is 3. The third-order valence-corrected chi connectivity index (χ3v) is 4.40. The van der Waals surface area contributed by atoms with Crippen LogP contribution >= 0.6 is 0 Å². The topological polar surface area (TPSA) is 60.0 Å². The molecule has 0 fully saturated rings. The van der Waals surface area contributed by atoms with Crippen LogP contribution in [-0.2, 0) is 6.54 Å². The summed E-state index contributed by atoms with van der Waals surface area (Å²) in [5, 5.41) is 7.21. The maximum absolute atomic E-state index is 14.4. The summed E-state index contributed by atoms with van der Waals surface area (Å²) in [6, 6.07) is 4.96.